The molecule has 0 bridgehead atoms. The van der Waals surface area contributed by atoms with Gasteiger partial charge in [0.05, 0.1) is 0 Å². The average Bonchev–Trinajstić information content (AvgIpc) is 3.27. The van der Waals surface area contributed by atoms with Gasteiger partial charge in [0.15, 0.2) is 6.10 Å². The number of allylic oxidation sites excluding steroid dienone is 16. The molecule has 0 aromatic carbocycles. The van der Waals surface area contributed by atoms with Gasteiger partial charge < -0.3 is 14.2 Å². The Morgan fingerprint density at radius 3 is 1.00 bits per heavy atom. The molecule has 0 fully saturated rings. The second-order valence-electron chi connectivity index (χ2n) is 16.5. The third-order valence-corrected chi connectivity index (χ3v) is 10.5. The van der Waals surface area contributed by atoms with E-state index in [1.807, 2.05) is 60.8 Å². The molecule has 352 valence electrons. The fraction of sp³-hybridized carbons (Fsp3) is 0.661. The van der Waals surface area contributed by atoms with Crippen molar-refractivity contribution in [2.24, 2.45) is 0 Å². The lowest BCUT2D eigenvalue weighted by Gasteiger charge is -2.18. The van der Waals surface area contributed by atoms with Crippen LogP contribution in [-0.4, -0.2) is 37.2 Å². The van der Waals surface area contributed by atoms with Gasteiger partial charge in [-0.1, -0.05) is 240 Å². The fourth-order valence-electron chi connectivity index (χ4n) is 6.76. The molecule has 0 heterocycles. The largest absolute Gasteiger partial charge is 0.462 e. The highest BCUT2D eigenvalue weighted by Gasteiger charge is 2.19. The molecule has 0 aromatic heterocycles. The molecule has 0 aliphatic rings. The minimum Gasteiger partial charge on any atom is -0.462 e. The van der Waals surface area contributed by atoms with Crippen LogP contribution in [0.2, 0.25) is 0 Å². The smallest absolute Gasteiger partial charge is 0.306 e. The maximum absolute atomic E-state index is 12.8. The van der Waals surface area contributed by atoms with Crippen molar-refractivity contribution in [3.05, 3.63) is 97.2 Å². The Kier molecular flexibility index (Phi) is 47.0. The van der Waals surface area contributed by atoms with E-state index in [4.69, 9.17) is 14.2 Å². The summed E-state index contributed by atoms with van der Waals surface area (Å²) in [5.41, 5.74) is 0. The van der Waals surface area contributed by atoms with Crippen LogP contribution in [-0.2, 0) is 28.6 Å². The zero-order chi connectivity index (χ0) is 45.1. The van der Waals surface area contributed by atoms with E-state index in [9.17, 15) is 14.4 Å². The van der Waals surface area contributed by atoms with E-state index in [-0.39, 0.29) is 31.1 Å². The SMILES string of the molecule is CC\C=C/C=C\C=C/C=C\CCCCCCCC(=O)OC(COC(=O)CCCCC\C=C/C=C\C=C/C=C\CC)COC(=O)CCCCCCCCCCCCCCCCCC. The first-order chi connectivity index (χ1) is 30.5. The van der Waals surface area contributed by atoms with E-state index in [0.717, 1.165) is 96.3 Å². The van der Waals surface area contributed by atoms with Crippen LogP contribution in [0.5, 0.6) is 0 Å². The van der Waals surface area contributed by atoms with Crippen LogP contribution < -0.4 is 0 Å². The first-order valence-electron chi connectivity index (χ1n) is 25.3. The number of carbonyl (C=O) groups excluding carboxylic acids is 3. The third kappa shape index (κ3) is 47.4. The molecule has 0 aromatic rings. The van der Waals surface area contributed by atoms with Crippen LogP contribution in [0.4, 0.5) is 0 Å². The van der Waals surface area contributed by atoms with Crippen molar-refractivity contribution >= 4 is 17.9 Å². The topological polar surface area (TPSA) is 78.9 Å². The number of rotatable bonds is 44. The standard InChI is InChI=1S/C56H92O6/c1-4-7-10-13-16-19-22-25-27-29-31-34-37-40-43-46-49-55(58)61-52-53(51-60-54(57)48-45-42-39-36-33-30-24-21-18-15-12-9-6-3)62-56(59)50-47-44-41-38-35-32-28-26-23-20-17-14-11-8-5-2/h8-9,11-12,14-15,17-18,20-21,23-24,26,28,30,33,53H,4-7,10,13,16,19,22,25,27,29,31-32,34-52H2,1-3H3/b11-8-,12-9-,17-14-,18-15-,23-20-,24-21-,28-26-,33-30-. The molecule has 62 heavy (non-hydrogen) atoms. The number of hydrogen-bond donors (Lipinski definition) is 0. The fourth-order valence-corrected chi connectivity index (χ4v) is 6.76. The Bertz CT molecular complexity index is 1260. The van der Waals surface area contributed by atoms with Crippen LogP contribution in [0.1, 0.15) is 220 Å². The summed E-state index contributed by atoms with van der Waals surface area (Å²) in [5, 5.41) is 0. The lowest BCUT2D eigenvalue weighted by atomic mass is 10.0. The van der Waals surface area contributed by atoms with Crippen molar-refractivity contribution in [2.75, 3.05) is 13.2 Å². The molecule has 6 heteroatoms. The first-order valence-corrected chi connectivity index (χ1v) is 25.3. The summed E-state index contributed by atoms with van der Waals surface area (Å²) in [6.45, 7) is 6.30. The highest BCUT2D eigenvalue weighted by molar-refractivity contribution is 5.71. The number of esters is 3. The average molecular weight is 861 g/mol. The molecule has 1 unspecified atom stereocenters. The second kappa shape index (κ2) is 50.0. The minimum absolute atomic E-state index is 0.0996. The quantitative estimate of drug-likeness (QED) is 0.0263. The normalized spacial score (nSPS) is 12.9. The Hall–Kier alpha value is -3.67. The molecule has 6 nitrogen and oxygen atoms in total. The van der Waals surface area contributed by atoms with Gasteiger partial charge >= 0.3 is 17.9 Å². The molecule has 0 aliphatic carbocycles. The van der Waals surface area contributed by atoms with Gasteiger partial charge in [0.25, 0.3) is 0 Å². The van der Waals surface area contributed by atoms with Crippen molar-refractivity contribution in [3.8, 4) is 0 Å². The highest BCUT2D eigenvalue weighted by atomic mass is 16.6. The Labute approximate surface area is 381 Å². The summed E-state index contributed by atoms with van der Waals surface area (Å²) >= 11 is 0. The molecule has 0 N–H and O–H groups in total. The summed E-state index contributed by atoms with van der Waals surface area (Å²) in [6, 6.07) is 0. The summed E-state index contributed by atoms with van der Waals surface area (Å²) < 4.78 is 16.7. The third-order valence-electron chi connectivity index (χ3n) is 10.5. The van der Waals surface area contributed by atoms with Crippen molar-refractivity contribution in [1.29, 1.82) is 0 Å². The maximum Gasteiger partial charge on any atom is 0.306 e. The summed E-state index contributed by atoms with van der Waals surface area (Å²) in [7, 11) is 0. The number of unbranched alkanes of at least 4 members (excludes halogenated alkanes) is 23. The van der Waals surface area contributed by atoms with Crippen LogP contribution in [0, 0.1) is 0 Å². The van der Waals surface area contributed by atoms with E-state index in [1.54, 1.807) is 0 Å². The number of hydrogen-bond acceptors (Lipinski definition) is 6. The zero-order valence-electron chi connectivity index (χ0n) is 40.1. The molecular formula is C56H92O6. The Morgan fingerprint density at radius 2 is 0.629 bits per heavy atom. The van der Waals surface area contributed by atoms with Gasteiger partial charge in [-0.05, 0) is 57.8 Å². The van der Waals surface area contributed by atoms with Crippen molar-refractivity contribution in [3.63, 3.8) is 0 Å². The molecular weight excluding hydrogens is 769 g/mol. The number of ether oxygens (including phenoxy) is 3. The van der Waals surface area contributed by atoms with Crippen LogP contribution in [0.25, 0.3) is 0 Å². The lowest BCUT2D eigenvalue weighted by molar-refractivity contribution is -0.167. The van der Waals surface area contributed by atoms with E-state index in [2.05, 4.69) is 57.2 Å². The number of carbonyl (C=O) groups is 3. The monoisotopic (exact) mass is 861 g/mol. The van der Waals surface area contributed by atoms with Gasteiger partial charge in [-0.15, -0.1) is 0 Å². The van der Waals surface area contributed by atoms with Crippen LogP contribution in [0.15, 0.2) is 97.2 Å². The molecule has 1 atom stereocenters. The first kappa shape index (κ1) is 58.3. The highest BCUT2D eigenvalue weighted by Crippen LogP contribution is 2.15. The minimum atomic E-state index is -0.805. The van der Waals surface area contributed by atoms with Crippen LogP contribution >= 0.6 is 0 Å². The van der Waals surface area contributed by atoms with Crippen molar-refractivity contribution in [2.45, 2.75) is 226 Å². The zero-order valence-corrected chi connectivity index (χ0v) is 40.1. The molecule has 0 amide bonds. The second-order valence-corrected chi connectivity index (χ2v) is 16.5. The van der Waals surface area contributed by atoms with Crippen LogP contribution in [0.3, 0.4) is 0 Å². The molecule has 0 saturated carbocycles. The van der Waals surface area contributed by atoms with Gasteiger partial charge in [0, 0.05) is 19.3 Å². The lowest BCUT2D eigenvalue weighted by Crippen LogP contribution is -2.30. The Balaban J connectivity index is 4.47. The van der Waals surface area contributed by atoms with Gasteiger partial charge in [-0.2, -0.15) is 0 Å². The molecule has 0 spiro atoms. The van der Waals surface area contributed by atoms with E-state index in [0.29, 0.717) is 19.3 Å². The van der Waals surface area contributed by atoms with E-state index < -0.39 is 6.10 Å². The van der Waals surface area contributed by atoms with Crippen molar-refractivity contribution < 1.29 is 28.6 Å². The van der Waals surface area contributed by atoms with Gasteiger partial charge in [-0.3, -0.25) is 14.4 Å². The molecule has 0 rings (SSSR count). The predicted octanol–water partition coefficient (Wildman–Crippen LogP) is 16.6. The molecule has 0 aliphatic heterocycles. The van der Waals surface area contributed by atoms with E-state index in [1.165, 1.54) is 83.5 Å². The maximum atomic E-state index is 12.8. The summed E-state index contributed by atoms with van der Waals surface area (Å²) in [4.78, 5) is 37.9. The summed E-state index contributed by atoms with van der Waals surface area (Å²) in [5.74, 6) is -0.966. The predicted molar refractivity (Wildman–Crippen MR) is 265 cm³/mol. The van der Waals surface area contributed by atoms with E-state index >= 15 is 0 Å². The van der Waals surface area contributed by atoms with Gasteiger partial charge in [0.1, 0.15) is 13.2 Å². The molecule has 0 saturated heterocycles. The van der Waals surface area contributed by atoms with Gasteiger partial charge in [-0.25, -0.2) is 0 Å². The summed E-state index contributed by atoms with van der Waals surface area (Å²) in [6.07, 6.45) is 65.3. The van der Waals surface area contributed by atoms with Gasteiger partial charge in [0.2, 0.25) is 0 Å². The molecule has 0 radical (unpaired) electrons. The van der Waals surface area contributed by atoms with Crippen molar-refractivity contribution in [1.82, 2.24) is 0 Å². The Morgan fingerprint density at radius 1 is 0.339 bits per heavy atom.